The van der Waals surface area contributed by atoms with Crippen molar-refractivity contribution in [3.8, 4) is 0 Å². The number of primary amides is 1. The van der Waals surface area contributed by atoms with Crippen LogP contribution < -0.4 is 11.5 Å². The number of hydrogen-bond donors (Lipinski definition) is 2. The average Bonchev–Trinajstić information content (AvgIpc) is 2.54. The minimum absolute atomic E-state index is 0.0394. The number of hydrogen-bond acceptors (Lipinski definition) is 4. The SMILES string of the molecule is CCCC(N)CC(=O)N1CCCN(CC(N)=O)CC1. The molecule has 6 nitrogen and oxygen atoms in total. The van der Waals surface area contributed by atoms with Crippen LogP contribution in [0.4, 0.5) is 0 Å². The third-order valence-electron chi connectivity index (χ3n) is 3.42. The number of rotatable bonds is 6. The molecule has 0 bridgehead atoms. The molecule has 1 atom stereocenters. The maximum atomic E-state index is 12.1. The van der Waals surface area contributed by atoms with Crippen LogP contribution in [-0.2, 0) is 9.59 Å². The van der Waals surface area contributed by atoms with Gasteiger partial charge in [0, 0.05) is 38.6 Å². The molecule has 0 saturated carbocycles. The minimum atomic E-state index is -0.315. The summed E-state index contributed by atoms with van der Waals surface area (Å²) in [5, 5.41) is 0. The predicted octanol–water partition coefficient (Wildman–Crippen LogP) is -0.476. The van der Waals surface area contributed by atoms with Crippen LogP contribution in [0.15, 0.2) is 0 Å². The summed E-state index contributed by atoms with van der Waals surface area (Å²) in [6.07, 6.45) is 3.18. The van der Waals surface area contributed by atoms with Gasteiger partial charge >= 0.3 is 0 Å². The fraction of sp³-hybridized carbons (Fsp3) is 0.846. The van der Waals surface area contributed by atoms with E-state index in [2.05, 4.69) is 6.92 Å². The van der Waals surface area contributed by atoms with Crippen molar-refractivity contribution in [3.05, 3.63) is 0 Å². The Labute approximate surface area is 115 Å². The van der Waals surface area contributed by atoms with Gasteiger partial charge in [0.25, 0.3) is 0 Å². The van der Waals surface area contributed by atoms with E-state index in [0.29, 0.717) is 19.5 Å². The maximum absolute atomic E-state index is 12.1. The van der Waals surface area contributed by atoms with Crippen LogP contribution in [0.1, 0.15) is 32.6 Å². The van der Waals surface area contributed by atoms with E-state index in [4.69, 9.17) is 11.5 Å². The van der Waals surface area contributed by atoms with Crippen molar-refractivity contribution in [3.63, 3.8) is 0 Å². The van der Waals surface area contributed by atoms with Crippen LogP contribution >= 0.6 is 0 Å². The molecule has 1 fully saturated rings. The fourth-order valence-corrected chi connectivity index (χ4v) is 2.43. The number of nitrogens with zero attached hydrogens (tertiary/aromatic N) is 2. The number of carbonyl (C=O) groups excluding carboxylic acids is 2. The second-order valence-electron chi connectivity index (χ2n) is 5.23. The summed E-state index contributed by atoms with van der Waals surface area (Å²) in [5.41, 5.74) is 11.1. The van der Waals surface area contributed by atoms with Gasteiger partial charge in [0.1, 0.15) is 0 Å². The molecule has 1 rings (SSSR count). The monoisotopic (exact) mass is 270 g/mol. The number of carbonyl (C=O) groups is 2. The van der Waals surface area contributed by atoms with Crippen molar-refractivity contribution >= 4 is 11.8 Å². The van der Waals surface area contributed by atoms with Gasteiger partial charge in [0.15, 0.2) is 0 Å². The van der Waals surface area contributed by atoms with Crippen molar-refractivity contribution in [1.82, 2.24) is 9.80 Å². The second kappa shape index (κ2) is 8.12. The molecule has 6 heteroatoms. The quantitative estimate of drug-likeness (QED) is 0.682. The highest BCUT2D eigenvalue weighted by Crippen LogP contribution is 2.07. The smallest absolute Gasteiger partial charge is 0.231 e. The molecule has 0 aromatic heterocycles. The predicted molar refractivity (Wildman–Crippen MR) is 74.3 cm³/mol. The number of nitrogens with two attached hydrogens (primary N) is 2. The maximum Gasteiger partial charge on any atom is 0.231 e. The van der Waals surface area contributed by atoms with Gasteiger partial charge in [0.2, 0.25) is 11.8 Å². The lowest BCUT2D eigenvalue weighted by molar-refractivity contribution is -0.131. The molecule has 0 aromatic carbocycles. The van der Waals surface area contributed by atoms with Crippen LogP contribution in [0.25, 0.3) is 0 Å². The fourth-order valence-electron chi connectivity index (χ4n) is 2.43. The Balaban J connectivity index is 2.39. The van der Waals surface area contributed by atoms with Gasteiger partial charge in [-0.05, 0) is 12.8 Å². The summed E-state index contributed by atoms with van der Waals surface area (Å²) >= 11 is 0. The Morgan fingerprint density at radius 2 is 1.95 bits per heavy atom. The molecule has 0 radical (unpaired) electrons. The van der Waals surface area contributed by atoms with E-state index < -0.39 is 0 Å². The van der Waals surface area contributed by atoms with Gasteiger partial charge < -0.3 is 16.4 Å². The average molecular weight is 270 g/mol. The zero-order valence-electron chi connectivity index (χ0n) is 11.8. The lowest BCUT2D eigenvalue weighted by Crippen LogP contribution is -2.39. The molecule has 1 saturated heterocycles. The van der Waals surface area contributed by atoms with Crippen molar-refractivity contribution in [2.75, 3.05) is 32.7 Å². The lowest BCUT2D eigenvalue weighted by atomic mass is 10.1. The Morgan fingerprint density at radius 3 is 2.58 bits per heavy atom. The van der Waals surface area contributed by atoms with Crippen LogP contribution in [0.3, 0.4) is 0 Å². The third-order valence-corrected chi connectivity index (χ3v) is 3.42. The van der Waals surface area contributed by atoms with Crippen LogP contribution in [0.2, 0.25) is 0 Å². The van der Waals surface area contributed by atoms with E-state index in [9.17, 15) is 9.59 Å². The van der Waals surface area contributed by atoms with E-state index in [1.165, 1.54) is 0 Å². The molecule has 1 heterocycles. The molecule has 1 aliphatic rings. The van der Waals surface area contributed by atoms with Crippen LogP contribution in [0, 0.1) is 0 Å². The Bertz CT molecular complexity index is 309. The highest BCUT2D eigenvalue weighted by molar-refractivity contribution is 5.77. The highest BCUT2D eigenvalue weighted by Gasteiger charge is 2.21. The van der Waals surface area contributed by atoms with Crippen LogP contribution in [0.5, 0.6) is 0 Å². The molecular formula is C13H26N4O2. The molecule has 0 aromatic rings. The minimum Gasteiger partial charge on any atom is -0.369 e. The van der Waals surface area contributed by atoms with Crippen molar-refractivity contribution in [2.45, 2.75) is 38.6 Å². The first kappa shape index (κ1) is 15.9. The molecule has 0 spiro atoms. The summed E-state index contributed by atoms with van der Waals surface area (Å²) in [4.78, 5) is 26.9. The Morgan fingerprint density at radius 1 is 1.21 bits per heavy atom. The summed E-state index contributed by atoms with van der Waals surface area (Å²) in [6.45, 7) is 5.26. The zero-order valence-corrected chi connectivity index (χ0v) is 11.8. The van der Waals surface area contributed by atoms with E-state index in [1.54, 1.807) is 0 Å². The third kappa shape index (κ3) is 6.02. The van der Waals surface area contributed by atoms with Crippen LogP contribution in [-0.4, -0.2) is 60.4 Å². The zero-order chi connectivity index (χ0) is 14.3. The first-order chi connectivity index (χ1) is 9.02. The van der Waals surface area contributed by atoms with Gasteiger partial charge in [0.05, 0.1) is 6.54 Å². The van der Waals surface area contributed by atoms with E-state index >= 15 is 0 Å². The van der Waals surface area contributed by atoms with Gasteiger partial charge in [-0.25, -0.2) is 0 Å². The summed E-state index contributed by atoms with van der Waals surface area (Å²) < 4.78 is 0. The largest absolute Gasteiger partial charge is 0.369 e. The molecule has 0 aliphatic carbocycles. The Kier molecular flexibility index (Phi) is 6.80. The molecule has 1 aliphatic heterocycles. The molecule has 1 unspecified atom stereocenters. The second-order valence-corrected chi connectivity index (χ2v) is 5.23. The van der Waals surface area contributed by atoms with E-state index in [0.717, 1.165) is 32.4 Å². The first-order valence-electron chi connectivity index (χ1n) is 7.07. The van der Waals surface area contributed by atoms with Gasteiger partial charge in [-0.2, -0.15) is 0 Å². The highest BCUT2D eigenvalue weighted by atomic mass is 16.2. The molecule has 4 N–H and O–H groups in total. The molecule has 19 heavy (non-hydrogen) atoms. The molecule has 2 amide bonds. The summed E-state index contributed by atoms with van der Waals surface area (Å²) in [5.74, 6) is -0.188. The summed E-state index contributed by atoms with van der Waals surface area (Å²) in [6, 6.07) is -0.0394. The van der Waals surface area contributed by atoms with E-state index in [1.807, 2.05) is 9.80 Å². The van der Waals surface area contributed by atoms with E-state index in [-0.39, 0.29) is 24.4 Å². The standard InChI is InChI=1S/C13H26N4O2/c1-2-4-11(14)9-13(19)17-6-3-5-16(7-8-17)10-12(15)18/h11H,2-10,14H2,1H3,(H2,15,18). The molecule has 110 valence electrons. The Hall–Kier alpha value is -1.14. The van der Waals surface area contributed by atoms with Crippen molar-refractivity contribution < 1.29 is 9.59 Å². The molecular weight excluding hydrogens is 244 g/mol. The topological polar surface area (TPSA) is 92.7 Å². The van der Waals surface area contributed by atoms with Crippen molar-refractivity contribution in [1.29, 1.82) is 0 Å². The van der Waals surface area contributed by atoms with Gasteiger partial charge in [-0.3, -0.25) is 14.5 Å². The normalized spacial score (nSPS) is 18.9. The van der Waals surface area contributed by atoms with Crippen molar-refractivity contribution in [2.24, 2.45) is 11.5 Å². The number of amides is 2. The van der Waals surface area contributed by atoms with Gasteiger partial charge in [-0.15, -0.1) is 0 Å². The first-order valence-corrected chi connectivity index (χ1v) is 7.07. The van der Waals surface area contributed by atoms with Gasteiger partial charge in [-0.1, -0.05) is 13.3 Å². The summed E-state index contributed by atoms with van der Waals surface area (Å²) in [7, 11) is 0. The lowest BCUT2D eigenvalue weighted by Gasteiger charge is -2.22.